The molecular weight excluding hydrogens is 105 g/mol. The topological polar surface area (TPSA) is 0 Å². The predicted molar refractivity (Wildman–Crippen MR) is 18.8 cm³/mol. The van der Waals surface area contributed by atoms with Crippen LogP contribution in [0.4, 0.5) is 13.2 Å². The van der Waals surface area contributed by atoms with Crippen molar-refractivity contribution in [2.24, 2.45) is 0 Å². The second kappa shape index (κ2) is 1.14. The van der Waals surface area contributed by atoms with Crippen LogP contribution in [0.1, 0.15) is 6.42 Å². The number of hydrogen-bond donors (Lipinski definition) is 0. The first kappa shape index (κ1) is 4.94. The average molecular weight is 109 g/mol. The van der Waals surface area contributed by atoms with Gasteiger partial charge in [-0.25, -0.2) is 13.2 Å². The van der Waals surface area contributed by atoms with E-state index in [9.17, 15) is 13.2 Å². The predicted octanol–water partition coefficient (Wildman–Crippen LogP) is 1.57. The van der Waals surface area contributed by atoms with E-state index >= 15 is 0 Å². The summed E-state index contributed by atoms with van der Waals surface area (Å²) in [6, 6.07) is 0. The lowest BCUT2D eigenvalue weighted by Gasteiger charge is -2.28. The third-order valence-electron chi connectivity index (χ3n) is 1.00. The van der Waals surface area contributed by atoms with Crippen molar-refractivity contribution in [1.82, 2.24) is 0 Å². The van der Waals surface area contributed by atoms with Gasteiger partial charge in [0, 0.05) is 12.8 Å². The van der Waals surface area contributed by atoms with E-state index in [0.717, 1.165) is 6.42 Å². The van der Waals surface area contributed by atoms with Crippen molar-refractivity contribution < 1.29 is 13.2 Å². The molecule has 1 unspecified atom stereocenters. The Balaban J connectivity index is 2.43. The monoisotopic (exact) mass is 109 g/mol. The summed E-state index contributed by atoms with van der Waals surface area (Å²) in [4.78, 5) is 0. The highest BCUT2D eigenvalue weighted by Gasteiger charge is 2.49. The van der Waals surface area contributed by atoms with E-state index in [1.54, 1.807) is 0 Å². The minimum Gasteiger partial charge on any atom is -0.241 e. The Kier molecular flexibility index (Phi) is 0.805. The SMILES string of the molecule is FC1[CH]CC1(F)F. The fourth-order valence-electron chi connectivity index (χ4n) is 0.385. The minimum atomic E-state index is -3.04. The third-order valence-corrected chi connectivity index (χ3v) is 1.00. The second-order valence-corrected chi connectivity index (χ2v) is 1.60. The van der Waals surface area contributed by atoms with Gasteiger partial charge in [0.05, 0.1) is 0 Å². The molecule has 0 aromatic rings. The number of alkyl halides is 3. The van der Waals surface area contributed by atoms with E-state index in [1.165, 1.54) is 0 Å². The van der Waals surface area contributed by atoms with Crippen molar-refractivity contribution in [1.29, 1.82) is 0 Å². The maximum Gasteiger partial charge on any atom is 0.279 e. The lowest BCUT2D eigenvalue weighted by Crippen LogP contribution is -2.41. The van der Waals surface area contributed by atoms with Crippen molar-refractivity contribution in [3.8, 4) is 0 Å². The van der Waals surface area contributed by atoms with Gasteiger partial charge in [-0.15, -0.1) is 0 Å². The van der Waals surface area contributed by atoms with Gasteiger partial charge in [0.15, 0.2) is 6.17 Å². The van der Waals surface area contributed by atoms with Gasteiger partial charge in [-0.2, -0.15) is 0 Å². The smallest absolute Gasteiger partial charge is 0.241 e. The summed E-state index contributed by atoms with van der Waals surface area (Å²) in [5, 5.41) is 0. The normalized spacial score (nSPS) is 37.3. The molecule has 1 radical (unpaired) electrons. The van der Waals surface area contributed by atoms with Crippen molar-refractivity contribution in [2.75, 3.05) is 0 Å². The van der Waals surface area contributed by atoms with E-state index in [0.29, 0.717) is 0 Å². The summed E-state index contributed by atoms with van der Waals surface area (Å²) in [7, 11) is 0. The molecule has 0 aliphatic heterocycles. The summed E-state index contributed by atoms with van der Waals surface area (Å²) < 4.78 is 34.5. The maximum atomic E-state index is 11.5. The summed E-state index contributed by atoms with van der Waals surface area (Å²) >= 11 is 0. The van der Waals surface area contributed by atoms with Crippen LogP contribution in [0.5, 0.6) is 0 Å². The highest BCUT2D eigenvalue weighted by molar-refractivity contribution is 5.02. The quantitative estimate of drug-likeness (QED) is 0.443. The van der Waals surface area contributed by atoms with Crippen LogP contribution in [0.2, 0.25) is 0 Å². The van der Waals surface area contributed by atoms with Crippen LogP contribution in [-0.4, -0.2) is 12.1 Å². The molecule has 7 heavy (non-hydrogen) atoms. The molecule has 0 N–H and O–H groups in total. The largest absolute Gasteiger partial charge is 0.279 e. The molecule has 1 saturated carbocycles. The molecule has 1 atom stereocenters. The minimum absolute atomic E-state index is 0.395. The Morgan fingerprint density at radius 2 is 2.00 bits per heavy atom. The first-order valence-corrected chi connectivity index (χ1v) is 1.98. The standard InChI is InChI=1S/C4H4F3/c5-3-1-2-4(3,6)7/h1,3H,2H2. The first-order chi connectivity index (χ1) is 3.13. The van der Waals surface area contributed by atoms with Gasteiger partial charge in [-0.05, 0) is 0 Å². The van der Waals surface area contributed by atoms with Crippen molar-refractivity contribution in [2.45, 2.75) is 18.5 Å². The molecule has 1 aliphatic carbocycles. The first-order valence-electron chi connectivity index (χ1n) is 1.98. The molecule has 0 saturated heterocycles. The van der Waals surface area contributed by atoms with Crippen LogP contribution in [0.25, 0.3) is 0 Å². The second-order valence-electron chi connectivity index (χ2n) is 1.60. The van der Waals surface area contributed by atoms with Gasteiger partial charge in [-0.1, -0.05) is 0 Å². The fraction of sp³-hybridized carbons (Fsp3) is 0.750. The Morgan fingerprint density at radius 3 is 2.00 bits per heavy atom. The molecule has 0 spiro atoms. The van der Waals surface area contributed by atoms with Gasteiger partial charge in [0.25, 0.3) is 5.92 Å². The maximum absolute atomic E-state index is 11.5. The zero-order chi connectivity index (χ0) is 5.49. The molecule has 1 aliphatic rings. The van der Waals surface area contributed by atoms with Crippen molar-refractivity contribution >= 4 is 0 Å². The third kappa shape index (κ3) is 0.598. The van der Waals surface area contributed by atoms with Crippen LogP contribution in [0.3, 0.4) is 0 Å². The van der Waals surface area contributed by atoms with Crippen LogP contribution in [-0.2, 0) is 0 Å². The van der Waals surface area contributed by atoms with Gasteiger partial charge in [0.1, 0.15) is 0 Å². The molecule has 3 heteroatoms. The Labute approximate surface area is 39.3 Å². The molecule has 0 aromatic heterocycles. The lowest BCUT2D eigenvalue weighted by molar-refractivity contribution is -0.106. The molecule has 0 nitrogen and oxygen atoms in total. The van der Waals surface area contributed by atoms with E-state index in [-0.39, 0.29) is 0 Å². The van der Waals surface area contributed by atoms with E-state index < -0.39 is 18.5 Å². The molecule has 0 aromatic carbocycles. The number of hydrogen-bond acceptors (Lipinski definition) is 0. The molecule has 0 bridgehead atoms. The zero-order valence-electron chi connectivity index (χ0n) is 3.50. The van der Waals surface area contributed by atoms with Crippen molar-refractivity contribution in [3.05, 3.63) is 6.42 Å². The summed E-state index contributed by atoms with van der Waals surface area (Å²) in [5.74, 6) is -3.04. The molecular formula is C4H4F3. The molecule has 1 fully saturated rings. The average Bonchev–Trinajstić information content (AvgIpc) is 1.63. The van der Waals surface area contributed by atoms with Gasteiger partial charge < -0.3 is 0 Å². The van der Waals surface area contributed by atoms with E-state index in [2.05, 4.69) is 0 Å². The zero-order valence-corrected chi connectivity index (χ0v) is 3.50. The van der Waals surface area contributed by atoms with Crippen molar-refractivity contribution in [3.63, 3.8) is 0 Å². The van der Waals surface area contributed by atoms with Crippen LogP contribution < -0.4 is 0 Å². The van der Waals surface area contributed by atoms with Gasteiger partial charge in [-0.3, -0.25) is 0 Å². The summed E-state index contributed by atoms with van der Waals surface area (Å²) in [6.07, 6.45) is -1.42. The molecule has 1 rings (SSSR count). The Hall–Kier alpha value is -0.210. The molecule has 41 valence electrons. The fourth-order valence-corrected chi connectivity index (χ4v) is 0.385. The molecule has 0 heterocycles. The lowest BCUT2D eigenvalue weighted by atomic mass is 9.93. The van der Waals surface area contributed by atoms with Gasteiger partial charge >= 0.3 is 0 Å². The Bertz CT molecular complexity index is 79.0. The van der Waals surface area contributed by atoms with E-state index in [1.807, 2.05) is 0 Å². The van der Waals surface area contributed by atoms with Crippen LogP contribution in [0, 0.1) is 6.42 Å². The van der Waals surface area contributed by atoms with Gasteiger partial charge in [0.2, 0.25) is 0 Å². The highest BCUT2D eigenvalue weighted by Crippen LogP contribution is 2.38. The Morgan fingerprint density at radius 1 is 1.57 bits per heavy atom. The van der Waals surface area contributed by atoms with Crippen LogP contribution in [0.15, 0.2) is 0 Å². The molecule has 0 amide bonds. The highest BCUT2D eigenvalue weighted by atomic mass is 19.3. The number of halogens is 3. The van der Waals surface area contributed by atoms with Crippen LogP contribution >= 0.6 is 0 Å². The summed E-state index contributed by atoms with van der Waals surface area (Å²) in [6.45, 7) is 0. The number of rotatable bonds is 0. The van der Waals surface area contributed by atoms with E-state index in [4.69, 9.17) is 0 Å². The summed E-state index contributed by atoms with van der Waals surface area (Å²) in [5.41, 5.74) is 0.